The number of hydrogen-bond donors (Lipinski definition) is 0. The molecule has 0 aliphatic rings. The van der Waals surface area contributed by atoms with Gasteiger partial charge in [0.25, 0.3) is 0 Å². The first-order chi connectivity index (χ1) is 5.99. The molecule has 1 atom stereocenters. The Morgan fingerprint density at radius 2 is 1.92 bits per heavy atom. The molecule has 0 radical (unpaired) electrons. The van der Waals surface area contributed by atoms with Crippen molar-refractivity contribution >= 4 is 11.8 Å². The highest BCUT2D eigenvalue weighted by Gasteiger charge is 2.38. The molecule has 13 heavy (non-hydrogen) atoms. The van der Waals surface area contributed by atoms with Crippen LogP contribution in [0.5, 0.6) is 0 Å². The molecule has 0 aromatic heterocycles. The fourth-order valence-corrected chi connectivity index (χ4v) is 1.18. The van der Waals surface area contributed by atoms with E-state index in [0.29, 0.717) is 6.42 Å². The summed E-state index contributed by atoms with van der Waals surface area (Å²) in [5.74, 6) is -0.541. The smallest absolute Gasteiger partial charge is 0.319 e. The molecule has 0 saturated carbocycles. The molecule has 76 valence electrons. The van der Waals surface area contributed by atoms with Gasteiger partial charge in [0.2, 0.25) is 0 Å². The average molecular weight is 186 g/mol. The lowest BCUT2D eigenvalue weighted by Crippen LogP contribution is -2.35. The van der Waals surface area contributed by atoms with Crippen molar-refractivity contribution in [1.29, 1.82) is 0 Å². The molecule has 0 N–H and O–H groups in total. The monoisotopic (exact) mass is 186 g/mol. The molecule has 0 spiro atoms. The van der Waals surface area contributed by atoms with Gasteiger partial charge in [0.05, 0.1) is 7.11 Å². The maximum atomic E-state index is 11.3. The molecule has 0 saturated heterocycles. The van der Waals surface area contributed by atoms with E-state index >= 15 is 0 Å². The van der Waals surface area contributed by atoms with Crippen LogP contribution in [0.1, 0.15) is 40.0 Å². The summed E-state index contributed by atoms with van der Waals surface area (Å²) < 4.78 is 4.61. The molecule has 0 fully saturated rings. The fraction of sp³-hybridized carbons (Fsp3) is 0.800. The number of carbonyl (C=O) groups is 2. The lowest BCUT2D eigenvalue weighted by Gasteiger charge is -2.22. The Morgan fingerprint density at radius 1 is 1.38 bits per heavy atom. The fourth-order valence-electron chi connectivity index (χ4n) is 1.18. The predicted molar refractivity (Wildman–Crippen MR) is 50.3 cm³/mol. The zero-order valence-corrected chi connectivity index (χ0v) is 8.85. The first-order valence-corrected chi connectivity index (χ1v) is 4.58. The summed E-state index contributed by atoms with van der Waals surface area (Å²) >= 11 is 0. The number of ether oxygens (including phenoxy) is 1. The molecule has 0 aromatic rings. The highest BCUT2D eigenvalue weighted by Crippen LogP contribution is 2.26. The van der Waals surface area contributed by atoms with Gasteiger partial charge >= 0.3 is 5.97 Å². The quantitative estimate of drug-likeness (QED) is 0.487. The molecule has 0 amide bonds. The molecule has 0 aliphatic carbocycles. The van der Waals surface area contributed by atoms with E-state index in [2.05, 4.69) is 4.74 Å². The van der Waals surface area contributed by atoms with Crippen LogP contribution in [0, 0.1) is 5.41 Å². The van der Waals surface area contributed by atoms with Crippen LogP contribution in [0.15, 0.2) is 0 Å². The second kappa shape index (κ2) is 5.00. The van der Waals surface area contributed by atoms with E-state index in [1.165, 1.54) is 14.0 Å². The molecule has 0 aromatic carbocycles. The molecule has 0 heterocycles. The topological polar surface area (TPSA) is 43.4 Å². The second-order valence-electron chi connectivity index (χ2n) is 3.48. The SMILES string of the molecule is CCCCC(C)(C(C)=O)C(=O)OC. The number of unbranched alkanes of at least 4 members (excludes halogenated alkanes) is 1. The molecule has 0 aliphatic heterocycles. The van der Waals surface area contributed by atoms with Crippen molar-refractivity contribution in [2.45, 2.75) is 40.0 Å². The van der Waals surface area contributed by atoms with Gasteiger partial charge in [-0.15, -0.1) is 0 Å². The molecular weight excluding hydrogens is 168 g/mol. The number of esters is 1. The minimum atomic E-state index is -0.940. The first-order valence-electron chi connectivity index (χ1n) is 4.58. The van der Waals surface area contributed by atoms with E-state index in [1.54, 1.807) is 6.92 Å². The van der Waals surface area contributed by atoms with Crippen LogP contribution in [0.2, 0.25) is 0 Å². The van der Waals surface area contributed by atoms with E-state index < -0.39 is 11.4 Å². The largest absolute Gasteiger partial charge is 0.468 e. The van der Waals surface area contributed by atoms with Gasteiger partial charge in [-0.3, -0.25) is 9.59 Å². The Morgan fingerprint density at radius 3 is 2.23 bits per heavy atom. The Kier molecular flexibility index (Phi) is 4.67. The van der Waals surface area contributed by atoms with Gasteiger partial charge in [0, 0.05) is 0 Å². The van der Waals surface area contributed by atoms with Crippen LogP contribution in [-0.2, 0) is 14.3 Å². The van der Waals surface area contributed by atoms with Crippen LogP contribution in [0.25, 0.3) is 0 Å². The van der Waals surface area contributed by atoms with Gasteiger partial charge in [0.1, 0.15) is 11.2 Å². The zero-order valence-electron chi connectivity index (χ0n) is 8.85. The molecule has 0 rings (SSSR count). The van der Waals surface area contributed by atoms with Crippen molar-refractivity contribution in [2.75, 3.05) is 7.11 Å². The van der Waals surface area contributed by atoms with Gasteiger partial charge in [-0.1, -0.05) is 19.8 Å². The normalized spacial score (nSPS) is 14.8. The third-order valence-electron chi connectivity index (χ3n) is 2.44. The average Bonchev–Trinajstić information content (AvgIpc) is 2.12. The van der Waals surface area contributed by atoms with Crippen LogP contribution in [0.4, 0.5) is 0 Å². The Labute approximate surface area is 79.5 Å². The number of ketones is 1. The van der Waals surface area contributed by atoms with Gasteiger partial charge in [-0.2, -0.15) is 0 Å². The summed E-state index contributed by atoms with van der Waals surface area (Å²) in [5, 5.41) is 0. The Hall–Kier alpha value is -0.860. The van der Waals surface area contributed by atoms with Crippen LogP contribution in [-0.4, -0.2) is 18.9 Å². The van der Waals surface area contributed by atoms with Gasteiger partial charge in [-0.25, -0.2) is 0 Å². The maximum Gasteiger partial charge on any atom is 0.319 e. The number of rotatable bonds is 5. The third kappa shape index (κ3) is 2.83. The van der Waals surface area contributed by atoms with Gasteiger partial charge in [-0.05, 0) is 20.3 Å². The minimum Gasteiger partial charge on any atom is -0.468 e. The molecule has 3 nitrogen and oxygen atoms in total. The van der Waals surface area contributed by atoms with E-state index in [9.17, 15) is 9.59 Å². The van der Waals surface area contributed by atoms with Crippen molar-refractivity contribution in [3.63, 3.8) is 0 Å². The third-order valence-corrected chi connectivity index (χ3v) is 2.44. The van der Waals surface area contributed by atoms with Crippen molar-refractivity contribution in [1.82, 2.24) is 0 Å². The Bertz CT molecular complexity index is 198. The number of Topliss-reactive ketones (excluding diaryl/α,β-unsaturated/α-hetero) is 1. The van der Waals surface area contributed by atoms with E-state index in [1.807, 2.05) is 6.92 Å². The Balaban J connectivity index is 4.52. The lowest BCUT2D eigenvalue weighted by atomic mass is 9.81. The first kappa shape index (κ1) is 12.1. The highest BCUT2D eigenvalue weighted by molar-refractivity contribution is 6.02. The number of methoxy groups -OCH3 is 1. The zero-order chi connectivity index (χ0) is 10.5. The second-order valence-corrected chi connectivity index (χ2v) is 3.48. The summed E-state index contributed by atoms with van der Waals surface area (Å²) in [6, 6.07) is 0. The van der Waals surface area contributed by atoms with Crippen molar-refractivity contribution < 1.29 is 14.3 Å². The molecule has 3 heteroatoms. The summed E-state index contributed by atoms with van der Waals surface area (Å²) in [6.45, 7) is 5.11. The van der Waals surface area contributed by atoms with E-state index in [-0.39, 0.29) is 5.78 Å². The minimum absolute atomic E-state index is 0.118. The predicted octanol–water partition coefficient (Wildman–Crippen LogP) is 1.94. The lowest BCUT2D eigenvalue weighted by molar-refractivity contribution is -0.156. The summed E-state index contributed by atoms with van der Waals surface area (Å²) in [7, 11) is 1.31. The van der Waals surface area contributed by atoms with Crippen LogP contribution < -0.4 is 0 Å². The number of carbonyl (C=O) groups excluding carboxylic acids is 2. The van der Waals surface area contributed by atoms with Gasteiger partial charge in [0.15, 0.2) is 0 Å². The van der Waals surface area contributed by atoms with Gasteiger partial charge < -0.3 is 4.74 Å². The van der Waals surface area contributed by atoms with Crippen molar-refractivity contribution in [3.05, 3.63) is 0 Å². The molecule has 1 unspecified atom stereocenters. The summed E-state index contributed by atoms with van der Waals surface area (Å²) in [5.41, 5.74) is -0.940. The van der Waals surface area contributed by atoms with E-state index in [0.717, 1.165) is 12.8 Å². The number of hydrogen-bond acceptors (Lipinski definition) is 3. The van der Waals surface area contributed by atoms with Crippen molar-refractivity contribution in [2.24, 2.45) is 5.41 Å². The molecular formula is C10H18O3. The van der Waals surface area contributed by atoms with Crippen LogP contribution in [0.3, 0.4) is 0 Å². The van der Waals surface area contributed by atoms with Crippen LogP contribution >= 0.6 is 0 Å². The molecule has 0 bridgehead atoms. The maximum absolute atomic E-state index is 11.3. The summed E-state index contributed by atoms with van der Waals surface area (Å²) in [6.07, 6.45) is 2.41. The highest BCUT2D eigenvalue weighted by atomic mass is 16.5. The van der Waals surface area contributed by atoms with Crippen molar-refractivity contribution in [3.8, 4) is 0 Å². The standard InChI is InChI=1S/C10H18O3/c1-5-6-7-10(3,8(2)11)9(12)13-4/h5-7H2,1-4H3. The summed E-state index contributed by atoms with van der Waals surface area (Å²) in [4.78, 5) is 22.6. The van der Waals surface area contributed by atoms with E-state index in [4.69, 9.17) is 0 Å².